The molecule has 2 aromatic heterocycles. The molecule has 0 aliphatic carbocycles. The second-order valence-corrected chi connectivity index (χ2v) is 7.62. The Morgan fingerprint density at radius 3 is 2.74 bits per heavy atom. The molecule has 4 heterocycles. The first-order valence-corrected chi connectivity index (χ1v) is 9.49. The Labute approximate surface area is 158 Å². The molecule has 0 unspecified atom stereocenters. The normalized spacial score (nSPS) is 20.6. The average molecular weight is 358 g/mol. The number of imidazole rings is 1. The van der Waals surface area contributed by atoms with Crippen LogP contribution < -0.4 is 0 Å². The van der Waals surface area contributed by atoms with Crippen molar-refractivity contribution < 1.29 is 4.79 Å². The maximum atomic E-state index is 12.8. The molecule has 1 amide bonds. The van der Waals surface area contributed by atoms with E-state index in [-0.39, 0.29) is 5.91 Å². The molecular formula is C22H22N4O. The minimum Gasteiger partial charge on any atom is -0.341 e. The Balaban J connectivity index is 1.33. The summed E-state index contributed by atoms with van der Waals surface area (Å²) in [6, 6.07) is 12.2. The van der Waals surface area contributed by atoms with Crippen LogP contribution in [0.25, 0.3) is 11.3 Å². The first-order chi connectivity index (χ1) is 13.2. The van der Waals surface area contributed by atoms with Crippen molar-refractivity contribution in [2.45, 2.75) is 25.8 Å². The van der Waals surface area contributed by atoms with Gasteiger partial charge in [0, 0.05) is 49.4 Å². The van der Waals surface area contributed by atoms with Crippen LogP contribution >= 0.6 is 0 Å². The zero-order valence-electron chi connectivity index (χ0n) is 15.4. The van der Waals surface area contributed by atoms with Crippen molar-refractivity contribution in [3.05, 3.63) is 71.9 Å². The SMILES string of the molecule is Cc1ccccc1CC(=O)N1C[C@H]2Cn3c(-c4ccncc4)cnc3[C@H]2C1. The fourth-order valence-corrected chi connectivity index (χ4v) is 4.50. The summed E-state index contributed by atoms with van der Waals surface area (Å²) in [5.74, 6) is 2.17. The van der Waals surface area contributed by atoms with Crippen molar-refractivity contribution in [3.63, 3.8) is 0 Å². The van der Waals surface area contributed by atoms with Crippen LogP contribution in [-0.4, -0.2) is 38.4 Å². The Kier molecular flexibility index (Phi) is 3.81. The van der Waals surface area contributed by atoms with Gasteiger partial charge in [0.15, 0.2) is 0 Å². The predicted octanol–water partition coefficient (Wildman–Crippen LogP) is 3.05. The summed E-state index contributed by atoms with van der Waals surface area (Å²) in [5.41, 5.74) is 4.61. The second kappa shape index (κ2) is 6.34. The van der Waals surface area contributed by atoms with E-state index in [1.54, 1.807) is 0 Å². The summed E-state index contributed by atoms with van der Waals surface area (Å²) >= 11 is 0. The standard InChI is InChI=1S/C22H22N4O/c1-15-4-2-3-5-17(15)10-21(27)25-12-18-13-26-20(16-6-8-23-9-7-16)11-24-22(26)19(18)14-25/h2-9,11,18-19H,10,12-14H2,1H3/t18-,19-/m0/s1. The van der Waals surface area contributed by atoms with Crippen LogP contribution in [0.15, 0.2) is 55.0 Å². The summed E-state index contributed by atoms with van der Waals surface area (Å²) in [6.45, 7) is 4.61. The first-order valence-electron chi connectivity index (χ1n) is 9.49. The highest BCUT2D eigenvalue weighted by molar-refractivity contribution is 5.79. The van der Waals surface area contributed by atoms with Gasteiger partial charge in [0.1, 0.15) is 5.82 Å². The van der Waals surface area contributed by atoms with Crippen LogP contribution in [0.1, 0.15) is 22.9 Å². The zero-order valence-corrected chi connectivity index (χ0v) is 15.4. The van der Waals surface area contributed by atoms with Crippen LogP contribution in [0, 0.1) is 12.8 Å². The molecule has 0 N–H and O–H groups in total. The van der Waals surface area contributed by atoms with Crippen molar-refractivity contribution in [1.82, 2.24) is 19.4 Å². The van der Waals surface area contributed by atoms with Crippen molar-refractivity contribution in [3.8, 4) is 11.3 Å². The predicted molar refractivity (Wildman–Crippen MR) is 103 cm³/mol. The molecular weight excluding hydrogens is 336 g/mol. The largest absolute Gasteiger partial charge is 0.341 e. The third kappa shape index (κ3) is 2.74. The number of aromatic nitrogens is 3. The van der Waals surface area contributed by atoms with Gasteiger partial charge < -0.3 is 9.47 Å². The van der Waals surface area contributed by atoms with Crippen LogP contribution in [0.2, 0.25) is 0 Å². The highest BCUT2D eigenvalue weighted by Crippen LogP contribution is 2.41. The summed E-state index contributed by atoms with van der Waals surface area (Å²) < 4.78 is 2.33. The molecule has 136 valence electrons. The lowest BCUT2D eigenvalue weighted by atomic mass is 9.99. The lowest BCUT2D eigenvalue weighted by Crippen LogP contribution is -2.31. The Morgan fingerprint density at radius 2 is 1.93 bits per heavy atom. The number of carbonyl (C=O) groups excluding carboxylic acids is 1. The van der Waals surface area contributed by atoms with Crippen LogP contribution in [0.4, 0.5) is 0 Å². The molecule has 27 heavy (non-hydrogen) atoms. The van der Waals surface area contributed by atoms with Gasteiger partial charge >= 0.3 is 0 Å². The minimum absolute atomic E-state index is 0.228. The van der Waals surface area contributed by atoms with E-state index in [1.165, 1.54) is 5.56 Å². The lowest BCUT2D eigenvalue weighted by Gasteiger charge is -2.18. The number of amides is 1. The fraction of sp³-hybridized carbons (Fsp3) is 0.318. The fourth-order valence-electron chi connectivity index (χ4n) is 4.50. The van der Waals surface area contributed by atoms with Gasteiger partial charge in [-0.25, -0.2) is 4.98 Å². The smallest absolute Gasteiger partial charge is 0.227 e. The maximum absolute atomic E-state index is 12.8. The first kappa shape index (κ1) is 16.2. The maximum Gasteiger partial charge on any atom is 0.227 e. The highest BCUT2D eigenvalue weighted by atomic mass is 16.2. The summed E-state index contributed by atoms with van der Waals surface area (Å²) in [4.78, 5) is 23.7. The van der Waals surface area contributed by atoms with Gasteiger partial charge in [0.05, 0.1) is 18.3 Å². The number of likely N-dealkylation sites (tertiary alicyclic amines) is 1. The summed E-state index contributed by atoms with van der Waals surface area (Å²) in [5, 5.41) is 0. The van der Waals surface area contributed by atoms with Gasteiger partial charge in [-0.2, -0.15) is 0 Å². The quantitative estimate of drug-likeness (QED) is 0.723. The van der Waals surface area contributed by atoms with Gasteiger partial charge in [-0.15, -0.1) is 0 Å². The van der Waals surface area contributed by atoms with E-state index < -0.39 is 0 Å². The van der Waals surface area contributed by atoms with E-state index in [0.29, 0.717) is 18.3 Å². The number of fused-ring (bicyclic) bond motifs is 3. The lowest BCUT2D eigenvalue weighted by molar-refractivity contribution is -0.129. The molecule has 2 aliphatic rings. The summed E-state index contributed by atoms with van der Waals surface area (Å²) in [6.07, 6.45) is 6.08. The number of benzene rings is 1. The zero-order chi connectivity index (χ0) is 18.4. The molecule has 2 atom stereocenters. The molecule has 5 nitrogen and oxygen atoms in total. The van der Waals surface area contributed by atoms with E-state index in [0.717, 1.165) is 42.3 Å². The number of pyridine rings is 1. The topological polar surface area (TPSA) is 51.0 Å². The molecule has 3 aromatic rings. The van der Waals surface area contributed by atoms with Crippen molar-refractivity contribution in [2.75, 3.05) is 13.1 Å². The van der Waals surface area contributed by atoms with Crippen LogP contribution in [0.3, 0.4) is 0 Å². The van der Waals surface area contributed by atoms with E-state index in [4.69, 9.17) is 4.98 Å². The third-order valence-corrected chi connectivity index (χ3v) is 6.01. The minimum atomic E-state index is 0.228. The molecule has 1 aromatic carbocycles. The Hall–Kier alpha value is -2.95. The van der Waals surface area contributed by atoms with Crippen LogP contribution in [0.5, 0.6) is 0 Å². The second-order valence-electron chi connectivity index (χ2n) is 7.62. The van der Waals surface area contributed by atoms with E-state index in [9.17, 15) is 4.79 Å². The van der Waals surface area contributed by atoms with E-state index in [2.05, 4.69) is 28.6 Å². The highest BCUT2D eigenvalue weighted by Gasteiger charge is 2.43. The average Bonchev–Trinajstić information content (AvgIpc) is 3.35. The number of hydrogen-bond donors (Lipinski definition) is 0. The van der Waals surface area contributed by atoms with Gasteiger partial charge in [-0.05, 0) is 30.2 Å². The molecule has 0 spiro atoms. The van der Waals surface area contributed by atoms with Crippen molar-refractivity contribution in [1.29, 1.82) is 0 Å². The monoisotopic (exact) mass is 358 g/mol. The molecule has 0 saturated carbocycles. The molecule has 0 bridgehead atoms. The van der Waals surface area contributed by atoms with Gasteiger partial charge in [-0.3, -0.25) is 9.78 Å². The molecule has 1 saturated heterocycles. The van der Waals surface area contributed by atoms with Gasteiger partial charge in [0.25, 0.3) is 0 Å². The van der Waals surface area contributed by atoms with Gasteiger partial charge in [0.2, 0.25) is 5.91 Å². The summed E-state index contributed by atoms with van der Waals surface area (Å²) in [7, 11) is 0. The number of nitrogens with zero attached hydrogens (tertiary/aromatic N) is 4. The number of hydrogen-bond acceptors (Lipinski definition) is 3. The van der Waals surface area contributed by atoms with Crippen LogP contribution in [-0.2, 0) is 17.8 Å². The molecule has 0 radical (unpaired) electrons. The van der Waals surface area contributed by atoms with Crippen molar-refractivity contribution in [2.24, 2.45) is 5.92 Å². The Morgan fingerprint density at radius 1 is 1.11 bits per heavy atom. The van der Waals surface area contributed by atoms with Gasteiger partial charge in [-0.1, -0.05) is 24.3 Å². The van der Waals surface area contributed by atoms with Crippen molar-refractivity contribution >= 4 is 5.91 Å². The Bertz CT molecular complexity index is 995. The molecule has 1 fully saturated rings. The molecule has 5 heteroatoms. The van der Waals surface area contributed by atoms with E-state index >= 15 is 0 Å². The molecule has 2 aliphatic heterocycles. The van der Waals surface area contributed by atoms with E-state index in [1.807, 2.05) is 47.8 Å². The third-order valence-electron chi connectivity index (χ3n) is 6.01. The number of aryl methyl sites for hydroxylation is 1. The number of carbonyl (C=O) groups is 1. The molecule has 5 rings (SSSR count). The number of rotatable bonds is 3.